The molecule has 1 atom stereocenters. The van der Waals surface area contributed by atoms with Gasteiger partial charge in [-0.1, -0.05) is 23.8 Å². The van der Waals surface area contributed by atoms with Gasteiger partial charge in [-0.25, -0.2) is 0 Å². The second-order valence-electron chi connectivity index (χ2n) is 4.39. The molecule has 1 aromatic carbocycles. The van der Waals surface area contributed by atoms with Gasteiger partial charge in [0.05, 0.1) is 6.04 Å². The number of hydrogen-bond acceptors (Lipinski definition) is 3. The van der Waals surface area contributed by atoms with Crippen molar-refractivity contribution < 1.29 is 4.79 Å². The van der Waals surface area contributed by atoms with E-state index in [1.165, 1.54) is 5.56 Å². The van der Waals surface area contributed by atoms with Crippen molar-refractivity contribution in [2.24, 2.45) is 0 Å². The topological polar surface area (TPSA) is 41.1 Å². The van der Waals surface area contributed by atoms with Crippen molar-refractivity contribution in [1.82, 2.24) is 5.32 Å². The fraction of sp³-hybridized carbons (Fsp3) is 0.400. The van der Waals surface area contributed by atoms with Gasteiger partial charge in [0.25, 0.3) is 0 Å². The molecule has 0 aromatic heterocycles. The minimum absolute atomic E-state index is 0.00225. The molecule has 0 radical (unpaired) electrons. The lowest BCUT2D eigenvalue weighted by molar-refractivity contribution is -0.117. The van der Waals surface area contributed by atoms with Gasteiger partial charge >= 0.3 is 0 Å². The van der Waals surface area contributed by atoms with Crippen LogP contribution in [-0.4, -0.2) is 30.0 Å². The van der Waals surface area contributed by atoms with E-state index < -0.39 is 0 Å². The Hall–Kier alpha value is -1.26. The van der Waals surface area contributed by atoms with E-state index in [-0.39, 0.29) is 11.9 Å². The Labute approximate surface area is 119 Å². The molecule has 0 bridgehead atoms. The van der Waals surface area contributed by atoms with Crippen LogP contribution in [0.2, 0.25) is 0 Å². The fourth-order valence-corrected chi connectivity index (χ4v) is 2.09. The van der Waals surface area contributed by atoms with E-state index in [0.29, 0.717) is 0 Å². The number of carbonyl (C=O) groups is 1. The minimum atomic E-state index is -0.189. The van der Waals surface area contributed by atoms with Crippen LogP contribution in [-0.2, 0) is 4.79 Å². The third-order valence-corrected chi connectivity index (χ3v) is 3.61. The number of carbonyl (C=O) groups excluding carboxylic acids is 1. The predicted molar refractivity (Wildman–Crippen MR) is 84.8 cm³/mol. The Bertz CT molecular complexity index is 403. The Morgan fingerprint density at radius 3 is 2.74 bits per heavy atom. The Morgan fingerprint density at radius 2 is 2.11 bits per heavy atom. The van der Waals surface area contributed by atoms with E-state index in [0.717, 1.165) is 23.7 Å². The third-order valence-electron chi connectivity index (χ3n) is 2.65. The zero-order valence-electron chi connectivity index (χ0n) is 11.6. The Balaban J connectivity index is 2.28. The largest absolute Gasteiger partial charge is 0.325 e. The van der Waals surface area contributed by atoms with Crippen molar-refractivity contribution in [2.75, 3.05) is 23.4 Å². The highest BCUT2D eigenvalue weighted by atomic mass is 32.2. The molecule has 0 fully saturated rings. The van der Waals surface area contributed by atoms with E-state index >= 15 is 0 Å². The Kier molecular flexibility index (Phi) is 7.30. The van der Waals surface area contributed by atoms with Gasteiger partial charge in [0.2, 0.25) is 5.91 Å². The van der Waals surface area contributed by atoms with E-state index in [1.807, 2.05) is 44.2 Å². The average molecular weight is 278 g/mol. The highest BCUT2D eigenvalue weighted by molar-refractivity contribution is 7.99. The lowest BCUT2D eigenvalue weighted by atomic mass is 10.2. The van der Waals surface area contributed by atoms with Crippen LogP contribution in [0.25, 0.3) is 0 Å². The molecule has 0 saturated carbocycles. The quantitative estimate of drug-likeness (QED) is 0.567. The van der Waals surface area contributed by atoms with Crippen LogP contribution in [0.5, 0.6) is 0 Å². The molecule has 1 aromatic rings. The normalized spacial score (nSPS) is 11.9. The fourth-order valence-electron chi connectivity index (χ4n) is 1.49. The second kappa shape index (κ2) is 8.77. The SMILES string of the molecule is C=CCSCCNC(C)C(=O)Nc1ccc(C)cc1. The first kappa shape index (κ1) is 15.8. The summed E-state index contributed by atoms with van der Waals surface area (Å²) in [6.07, 6.45) is 1.89. The number of aryl methyl sites for hydroxylation is 1. The molecule has 0 aliphatic rings. The van der Waals surface area contributed by atoms with Gasteiger partial charge in [0.1, 0.15) is 0 Å². The van der Waals surface area contributed by atoms with Crippen molar-refractivity contribution in [2.45, 2.75) is 19.9 Å². The molecule has 0 spiro atoms. The molecule has 1 rings (SSSR count). The molecule has 3 nitrogen and oxygen atoms in total. The van der Waals surface area contributed by atoms with Gasteiger partial charge in [0, 0.05) is 23.7 Å². The molecular formula is C15H22N2OS. The molecule has 1 unspecified atom stereocenters. The van der Waals surface area contributed by atoms with Crippen molar-refractivity contribution >= 4 is 23.4 Å². The summed E-state index contributed by atoms with van der Waals surface area (Å²) < 4.78 is 0. The average Bonchev–Trinajstić information content (AvgIpc) is 2.41. The van der Waals surface area contributed by atoms with E-state index in [2.05, 4.69) is 17.2 Å². The van der Waals surface area contributed by atoms with Crippen LogP contribution in [0, 0.1) is 6.92 Å². The highest BCUT2D eigenvalue weighted by Gasteiger charge is 2.11. The van der Waals surface area contributed by atoms with Crippen molar-refractivity contribution in [3.8, 4) is 0 Å². The first-order chi connectivity index (χ1) is 9.13. The smallest absolute Gasteiger partial charge is 0.241 e. The van der Waals surface area contributed by atoms with E-state index in [4.69, 9.17) is 0 Å². The summed E-state index contributed by atoms with van der Waals surface area (Å²) in [7, 11) is 0. The maximum Gasteiger partial charge on any atom is 0.241 e. The zero-order valence-corrected chi connectivity index (χ0v) is 12.4. The number of rotatable bonds is 8. The Morgan fingerprint density at radius 1 is 1.42 bits per heavy atom. The molecule has 104 valence electrons. The van der Waals surface area contributed by atoms with Gasteiger partial charge in [0.15, 0.2) is 0 Å². The maximum absolute atomic E-state index is 11.9. The van der Waals surface area contributed by atoms with Gasteiger partial charge < -0.3 is 10.6 Å². The monoisotopic (exact) mass is 278 g/mol. The van der Waals surface area contributed by atoms with E-state index in [1.54, 1.807) is 11.8 Å². The van der Waals surface area contributed by atoms with Gasteiger partial charge in [-0.15, -0.1) is 6.58 Å². The molecule has 0 aliphatic heterocycles. The molecule has 0 saturated heterocycles. The van der Waals surface area contributed by atoms with Crippen LogP contribution in [0.4, 0.5) is 5.69 Å². The summed E-state index contributed by atoms with van der Waals surface area (Å²) in [6, 6.07) is 7.62. The summed E-state index contributed by atoms with van der Waals surface area (Å²) in [5.41, 5.74) is 2.02. The first-order valence-corrected chi connectivity index (χ1v) is 7.58. The molecule has 4 heteroatoms. The lowest BCUT2D eigenvalue weighted by Crippen LogP contribution is -2.39. The summed E-state index contributed by atoms with van der Waals surface area (Å²) in [4.78, 5) is 11.9. The summed E-state index contributed by atoms with van der Waals surface area (Å²) in [5.74, 6) is 1.93. The minimum Gasteiger partial charge on any atom is -0.325 e. The number of anilines is 1. The van der Waals surface area contributed by atoms with Crippen LogP contribution < -0.4 is 10.6 Å². The van der Waals surface area contributed by atoms with Gasteiger partial charge in [-0.2, -0.15) is 11.8 Å². The molecule has 0 heterocycles. The van der Waals surface area contributed by atoms with Crippen LogP contribution in [0.15, 0.2) is 36.9 Å². The standard InChI is InChI=1S/C15H22N2OS/c1-4-10-19-11-9-16-13(3)15(18)17-14-7-5-12(2)6-8-14/h4-8,13,16H,1,9-11H2,2-3H3,(H,17,18). The molecule has 19 heavy (non-hydrogen) atoms. The number of hydrogen-bond donors (Lipinski definition) is 2. The first-order valence-electron chi connectivity index (χ1n) is 6.43. The number of nitrogens with one attached hydrogen (secondary N) is 2. The summed E-state index contributed by atoms with van der Waals surface area (Å²) >= 11 is 1.80. The third kappa shape index (κ3) is 6.45. The van der Waals surface area contributed by atoms with Crippen molar-refractivity contribution in [1.29, 1.82) is 0 Å². The van der Waals surface area contributed by atoms with Crippen molar-refractivity contribution in [3.05, 3.63) is 42.5 Å². The van der Waals surface area contributed by atoms with Gasteiger partial charge in [-0.05, 0) is 26.0 Å². The molecular weight excluding hydrogens is 256 g/mol. The number of benzene rings is 1. The second-order valence-corrected chi connectivity index (χ2v) is 5.54. The highest BCUT2D eigenvalue weighted by Crippen LogP contribution is 2.08. The molecule has 0 aliphatic carbocycles. The van der Waals surface area contributed by atoms with Crippen LogP contribution in [0.1, 0.15) is 12.5 Å². The maximum atomic E-state index is 11.9. The summed E-state index contributed by atoms with van der Waals surface area (Å²) in [6.45, 7) is 8.39. The van der Waals surface area contributed by atoms with Crippen LogP contribution >= 0.6 is 11.8 Å². The predicted octanol–water partition coefficient (Wildman–Crippen LogP) is 2.83. The number of amides is 1. The van der Waals surface area contributed by atoms with Crippen molar-refractivity contribution in [3.63, 3.8) is 0 Å². The van der Waals surface area contributed by atoms with Crippen LogP contribution in [0.3, 0.4) is 0 Å². The molecule has 1 amide bonds. The molecule has 2 N–H and O–H groups in total. The van der Waals surface area contributed by atoms with E-state index in [9.17, 15) is 4.79 Å². The number of thioether (sulfide) groups is 1. The zero-order chi connectivity index (χ0) is 14.1. The lowest BCUT2D eigenvalue weighted by Gasteiger charge is -2.14. The van der Waals surface area contributed by atoms with Gasteiger partial charge in [-0.3, -0.25) is 4.79 Å². The summed E-state index contributed by atoms with van der Waals surface area (Å²) in [5, 5.41) is 6.10.